The number of rotatable bonds is 2. The highest BCUT2D eigenvalue weighted by Crippen LogP contribution is 2.37. The van der Waals surface area contributed by atoms with Gasteiger partial charge in [-0.25, -0.2) is 4.39 Å². The predicted octanol–water partition coefficient (Wildman–Crippen LogP) is 4.78. The minimum Gasteiger partial charge on any atom is -0.382 e. The van der Waals surface area contributed by atoms with Crippen molar-refractivity contribution in [2.45, 2.75) is 46.1 Å². The van der Waals surface area contributed by atoms with Crippen molar-refractivity contribution in [2.24, 2.45) is 0 Å². The van der Waals surface area contributed by atoms with Gasteiger partial charge in [-0.05, 0) is 32.0 Å². The maximum atomic E-state index is 13.0. The maximum absolute atomic E-state index is 13.0. The zero-order chi connectivity index (χ0) is 16.2. The number of nitrogens with zero attached hydrogens (tertiary/aromatic N) is 1. The van der Waals surface area contributed by atoms with E-state index in [0.717, 1.165) is 19.4 Å². The van der Waals surface area contributed by atoms with Crippen molar-refractivity contribution in [3.05, 3.63) is 24.6 Å². The molecule has 1 fully saturated rings. The molecule has 0 N–H and O–H groups in total. The Kier molecular flexibility index (Phi) is 12.9. The highest BCUT2D eigenvalue weighted by Gasteiger charge is 2.43. The molecular formula is C15H28F3NO. The normalized spacial score (nSPS) is 23.1. The lowest BCUT2D eigenvalue weighted by Crippen LogP contribution is -2.42. The van der Waals surface area contributed by atoms with E-state index in [0.29, 0.717) is 13.2 Å². The number of fused-ring (bicyclic) bond motifs is 1. The van der Waals surface area contributed by atoms with Gasteiger partial charge in [-0.2, -0.15) is 8.78 Å². The zero-order valence-electron chi connectivity index (χ0n) is 13.3. The molecule has 20 heavy (non-hydrogen) atoms. The Hall–Kier alpha value is -0.810. The Balaban J connectivity index is 0. The second-order valence-corrected chi connectivity index (χ2v) is 3.99. The van der Waals surface area contributed by atoms with Gasteiger partial charge in [-0.1, -0.05) is 27.7 Å². The first kappa shape index (κ1) is 21.5. The number of halogens is 3. The van der Waals surface area contributed by atoms with Crippen LogP contribution in [0.5, 0.6) is 0 Å². The fourth-order valence-electron chi connectivity index (χ4n) is 2.33. The monoisotopic (exact) mass is 295 g/mol. The standard InChI is InChI=1S/C9H14FNO.C2H2F2.2C2H6/c1-12-7-9-3-2-4-11(9)6-8(10)5-9;1-2(3)4;2*1-2/h5H,2-4,6-7H2,1H3;1H2;2*1-2H3. The largest absolute Gasteiger partial charge is 0.382 e. The first-order valence-corrected chi connectivity index (χ1v) is 7.11. The second-order valence-electron chi connectivity index (χ2n) is 3.99. The van der Waals surface area contributed by atoms with Crippen molar-refractivity contribution >= 4 is 0 Å². The molecule has 0 aromatic rings. The lowest BCUT2D eigenvalue weighted by Gasteiger charge is -2.29. The quantitative estimate of drug-likeness (QED) is 0.726. The molecule has 1 saturated heterocycles. The van der Waals surface area contributed by atoms with Crippen LogP contribution in [-0.2, 0) is 4.74 Å². The summed E-state index contributed by atoms with van der Waals surface area (Å²) >= 11 is 0. The fourth-order valence-corrected chi connectivity index (χ4v) is 2.33. The Morgan fingerprint density at radius 1 is 1.35 bits per heavy atom. The van der Waals surface area contributed by atoms with Gasteiger partial charge in [0, 0.05) is 7.11 Å². The van der Waals surface area contributed by atoms with Crippen LogP contribution in [0.1, 0.15) is 40.5 Å². The molecule has 1 unspecified atom stereocenters. The lowest BCUT2D eigenvalue weighted by atomic mass is 9.99. The van der Waals surface area contributed by atoms with Crippen LogP contribution >= 0.6 is 0 Å². The Morgan fingerprint density at radius 2 is 1.85 bits per heavy atom. The van der Waals surface area contributed by atoms with E-state index >= 15 is 0 Å². The topological polar surface area (TPSA) is 12.5 Å². The molecule has 0 saturated carbocycles. The van der Waals surface area contributed by atoms with Crippen LogP contribution in [0.2, 0.25) is 0 Å². The number of hydrogen-bond acceptors (Lipinski definition) is 2. The SMILES string of the molecule is C=C(F)F.CC.CC.COCC12C=C(F)CN1CCC2. The molecule has 0 aromatic heterocycles. The Bertz CT molecular complexity index is 291. The summed E-state index contributed by atoms with van der Waals surface area (Å²) in [5.41, 5.74) is -0.0984. The van der Waals surface area contributed by atoms with Gasteiger partial charge in [-0.15, -0.1) is 0 Å². The highest BCUT2D eigenvalue weighted by atomic mass is 19.3. The summed E-state index contributed by atoms with van der Waals surface area (Å²) in [6, 6.07) is 0. The van der Waals surface area contributed by atoms with Crippen LogP contribution in [0.4, 0.5) is 13.2 Å². The van der Waals surface area contributed by atoms with Gasteiger partial charge in [0.2, 0.25) is 0 Å². The lowest BCUT2D eigenvalue weighted by molar-refractivity contribution is 0.0848. The molecule has 2 rings (SSSR count). The Morgan fingerprint density at radius 3 is 2.30 bits per heavy atom. The van der Waals surface area contributed by atoms with Crippen LogP contribution < -0.4 is 0 Å². The van der Waals surface area contributed by atoms with Crippen molar-refractivity contribution in [1.29, 1.82) is 0 Å². The van der Waals surface area contributed by atoms with Crippen LogP contribution in [-0.4, -0.2) is 37.2 Å². The molecular weight excluding hydrogens is 267 g/mol. The molecule has 0 bridgehead atoms. The number of ether oxygens (including phenoxy) is 1. The average molecular weight is 295 g/mol. The summed E-state index contributed by atoms with van der Waals surface area (Å²) < 4.78 is 38.4. The molecule has 0 aliphatic carbocycles. The van der Waals surface area contributed by atoms with E-state index in [-0.39, 0.29) is 11.4 Å². The van der Waals surface area contributed by atoms with Gasteiger partial charge in [0.05, 0.1) is 18.7 Å². The van der Waals surface area contributed by atoms with Crippen LogP contribution in [0.3, 0.4) is 0 Å². The molecule has 2 nitrogen and oxygen atoms in total. The van der Waals surface area contributed by atoms with E-state index in [2.05, 4.69) is 11.5 Å². The average Bonchev–Trinajstić information content (AvgIpc) is 2.89. The molecule has 0 amide bonds. The molecule has 0 spiro atoms. The molecule has 2 heterocycles. The zero-order valence-corrected chi connectivity index (χ0v) is 13.3. The first-order valence-electron chi connectivity index (χ1n) is 7.11. The smallest absolute Gasteiger partial charge is 0.263 e. The third-order valence-electron chi connectivity index (χ3n) is 2.83. The van der Waals surface area contributed by atoms with Gasteiger partial charge in [0.15, 0.2) is 0 Å². The van der Waals surface area contributed by atoms with Crippen molar-refractivity contribution < 1.29 is 17.9 Å². The van der Waals surface area contributed by atoms with Crippen molar-refractivity contribution in [2.75, 3.05) is 26.8 Å². The van der Waals surface area contributed by atoms with Crippen molar-refractivity contribution in [3.63, 3.8) is 0 Å². The van der Waals surface area contributed by atoms with Gasteiger partial charge < -0.3 is 4.74 Å². The highest BCUT2D eigenvalue weighted by molar-refractivity contribution is 5.21. The molecule has 2 aliphatic heterocycles. The summed E-state index contributed by atoms with van der Waals surface area (Å²) in [5, 5.41) is 0. The number of methoxy groups -OCH3 is 1. The summed E-state index contributed by atoms with van der Waals surface area (Å²) in [7, 11) is 1.68. The van der Waals surface area contributed by atoms with Gasteiger partial charge in [-0.3, -0.25) is 4.90 Å². The van der Waals surface area contributed by atoms with E-state index in [9.17, 15) is 13.2 Å². The summed E-state index contributed by atoms with van der Waals surface area (Å²) in [6.07, 6.45) is 2.10. The van der Waals surface area contributed by atoms with E-state index in [4.69, 9.17) is 4.74 Å². The van der Waals surface area contributed by atoms with E-state index in [1.807, 2.05) is 27.7 Å². The van der Waals surface area contributed by atoms with Crippen LogP contribution in [0.15, 0.2) is 24.6 Å². The van der Waals surface area contributed by atoms with Crippen molar-refractivity contribution in [1.82, 2.24) is 4.90 Å². The van der Waals surface area contributed by atoms with E-state index < -0.39 is 6.08 Å². The number of hydrogen-bond donors (Lipinski definition) is 0. The van der Waals surface area contributed by atoms with Gasteiger partial charge in [0.1, 0.15) is 5.83 Å². The third kappa shape index (κ3) is 7.10. The molecule has 2 aliphatic rings. The predicted molar refractivity (Wildman–Crippen MR) is 78.7 cm³/mol. The van der Waals surface area contributed by atoms with Crippen LogP contribution in [0.25, 0.3) is 0 Å². The minimum atomic E-state index is -1.83. The summed E-state index contributed by atoms with van der Waals surface area (Å²) in [5.74, 6) is 0.00625. The molecule has 120 valence electrons. The first-order chi connectivity index (χ1) is 9.50. The van der Waals surface area contributed by atoms with Crippen LogP contribution in [0, 0.1) is 0 Å². The fraction of sp³-hybridized carbons (Fsp3) is 0.733. The van der Waals surface area contributed by atoms with E-state index in [1.165, 1.54) is 0 Å². The molecule has 1 atom stereocenters. The molecule has 0 aromatic carbocycles. The van der Waals surface area contributed by atoms with E-state index in [1.54, 1.807) is 13.2 Å². The second kappa shape index (κ2) is 12.0. The minimum absolute atomic E-state index is 0.00625. The van der Waals surface area contributed by atoms with Gasteiger partial charge >= 0.3 is 0 Å². The van der Waals surface area contributed by atoms with Crippen molar-refractivity contribution in [3.8, 4) is 0 Å². The van der Waals surface area contributed by atoms with Gasteiger partial charge in [0.25, 0.3) is 6.08 Å². The maximum Gasteiger partial charge on any atom is 0.263 e. The third-order valence-corrected chi connectivity index (χ3v) is 2.83. The summed E-state index contributed by atoms with van der Waals surface area (Å²) in [6.45, 7) is 12.3. The Labute approximate surface area is 121 Å². The molecule has 5 heteroatoms. The molecule has 0 radical (unpaired) electrons. The summed E-state index contributed by atoms with van der Waals surface area (Å²) in [4.78, 5) is 2.17.